The molecule has 0 heterocycles. The topological polar surface area (TPSA) is 83.6 Å². The van der Waals surface area contributed by atoms with Crippen LogP contribution in [0.3, 0.4) is 0 Å². The minimum atomic E-state index is -0.933. The maximum atomic E-state index is 10.7. The first-order valence-corrected chi connectivity index (χ1v) is 6.02. The van der Waals surface area contributed by atoms with E-state index >= 15 is 0 Å². The summed E-state index contributed by atoms with van der Waals surface area (Å²) in [6.07, 6.45) is 1.65. The van der Waals surface area contributed by atoms with Crippen molar-refractivity contribution in [2.75, 3.05) is 6.54 Å². The van der Waals surface area contributed by atoms with E-state index < -0.39 is 5.97 Å². The summed E-state index contributed by atoms with van der Waals surface area (Å²) in [4.78, 5) is 10.7. The third kappa shape index (κ3) is 4.59. The molecule has 4 nitrogen and oxygen atoms in total. The van der Waals surface area contributed by atoms with Gasteiger partial charge >= 0.3 is 5.97 Å². The van der Waals surface area contributed by atoms with Gasteiger partial charge in [0.1, 0.15) is 5.75 Å². The summed E-state index contributed by atoms with van der Waals surface area (Å²) in [7, 11) is 0. The monoisotopic (exact) mass is 271 g/mol. The fourth-order valence-electron chi connectivity index (χ4n) is 1.46. The zero-order valence-corrected chi connectivity index (χ0v) is 11.0. The van der Waals surface area contributed by atoms with Crippen LogP contribution in [-0.2, 0) is 0 Å². The summed E-state index contributed by atoms with van der Waals surface area (Å²) < 4.78 is 0. The molecule has 0 fully saturated rings. The van der Waals surface area contributed by atoms with Crippen LogP contribution in [0.1, 0.15) is 10.4 Å². The van der Waals surface area contributed by atoms with Crippen molar-refractivity contribution in [2.45, 2.75) is 0 Å². The molecule has 0 saturated carbocycles. The molecule has 104 valence electrons. The lowest BCUT2D eigenvalue weighted by atomic mass is 10.0. The normalized spacial score (nSPS) is 9.25. The Bertz CT molecular complexity index is 559. The number of hydrogen-bond acceptors (Lipinski definition) is 3. The minimum Gasteiger partial charge on any atom is -0.508 e. The standard InChI is InChI=1S/C13H10O3.C3H7N/c14-12-7-5-10(6-8-12)9-1-3-11(4-2-9)13(15)16;1-2-3-4/h1-8,14H,(H,15,16);2H,1,3-4H2. The van der Waals surface area contributed by atoms with E-state index in [9.17, 15) is 4.79 Å². The van der Waals surface area contributed by atoms with E-state index in [2.05, 4.69) is 6.58 Å². The lowest BCUT2D eigenvalue weighted by molar-refractivity contribution is 0.0697. The quantitative estimate of drug-likeness (QED) is 0.749. The summed E-state index contributed by atoms with van der Waals surface area (Å²) in [5.74, 6) is -0.719. The minimum absolute atomic E-state index is 0.214. The number of nitrogens with two attached hydrogens (primary N) is 1. The molecule has 2 aromatic rings. The van der Waals surface area contributed by atoms with Crippen molar-refractivity contribution >= 4 is 5.97 Å². The van der Waals surface area contributed by atoms with E-state index in [1.54, 1.807) is 54.6 Å². The van der Waals surface area contributed by atoms with Gasteiger partial charge in [-0.3, -0.25) is 0 Å². The van der Waals surface area contributed by atoms with Crippen molar-refractivity contribution in [3.05, 3.63) is 66.7 Å². The number of benzene rings is 2. The van der Waals surface area contributed by atoms with Gasteiger partial charge in [-0.15, -0.1) is 6.58 Å². The van der Waals surface area contributed by atoms with Gasteiger partial charge in [0.05, 0.1) is 5.56 Å². The van der Waals surface area contributed by atoms with Gasteiger partial charge < -0.3 is 15.9 Å². The molecular weight excluding hydrogens is 254 g/mol. The Hall–Kier alpha value is -2.59. The molecule has 0 spiro atoms. The van der Waals surface area contributed by atoms with Crippen LogP contribution in [0.25, 0.3) is 11.1 Å². The molecule has 0 bridgehead atoms. The molecule has 0 atom stereocenters. The van der Waals surface area contributed by atoms with Gasteiger partial charge in [0.2, 0.25) is 0 Å². The number of phenols is 1. The van der Waals surface area contributed by atoms with E-state index in [4.69, 9.17) is 15.9 Å². The van der Waals surface area contributed by atoms with Crippen molar-refractivity contribution in [1.82, 2.24) is 0 Å². The number of aromatic carboxylic acids is 1. The Morgan fingerprint density at radius 2 is 1.45 bits per heavy atom. The Kier molecular flexibility index (Phi) is 6.00. The van der Waals surface area contributed by atoms with Gasteiger partial charge in [0.15, 0.2) is 0 Å². The lowest BCUT2D eigenvalue weighted by Crippen LogP contribution is -1.94. The molecule has 0 unspecified atom stereocenters. The summed E-state index contributed by atoms with van der Waals surface area (Å²) in [5, 5.41) is 17.9. The highest BCUT2D eigenvalue weighted by molar-refractivity contribution is 5.88. The number of carboxylic acid groups (broad SMARTS) is 1. The molecule has 2 rings (SSSR count). The molecule has 0 aliphatic heterocycles. The molecule has 0 aliphatic carbocycles. The second-order valence-electron chi connectivity index (χ2n) is 3.95. The number of hydrogen-bond donors (Lipinski definition) is 3. The third-order valence-corrected chi connectivity index (χ3v) is 2.50. The van der Waals surface area contributed by atoms with E-state index in [0.717, 1.165) is 11.1 Å². The van der Waals surface area contributed by atoms with Crippen LogP contribution in [0.2, 0.25) is 0 Å². The summed E-state index contributed by atoms with van der Waals surface area (Å²) >= 11 is 0. The first kappa shape index (κ1) is 15.5. The zero-order chi connectivity index (χ0) is 15.0. The van der Waals surface area contributed by atoms with Crippen LogP contribution < -0.4 is 5.73 Å². The van der Waals surface area contributed by atoms with E-state index in [1.165, 1.54) is 0 Å². The van der Waals surface area contributed by atoms with Gasteiger partial charge in [-0.25, -0.2) is 4.79 Å². The second-order valence-corrected chi connectivity index (χ2v) is 3.95. The number of carbonyl (C=O) groups is 1. The van der Waals surface area contributed by atoms with Crippen LogP contribution in [-0.4, -0.2) is 22.7 Å². The highest BCUT2D eigenvalue weighted by Crippen LogP contribution is 2.22. The number of rotatable bonds is 3. The fraction of sp³-hybridized carbons (Fsp3) is 0.0625. The van der Waals surface area contributed by atoms with Crippen LogP contribution in [0.5, 0.6) is 5.75 Å². The maximum absolute atomic E-state index is 10.7. The van der Waals surface area contributed by atoms with E-state index in [-0.39, 0.29) is 11.3 Å². The first-order valence-electron chi connectivity index (χ1n) is 6.02. The molecule has 2 aromatic carbocycles. The van der Waals surface area contributed by atoms with Crippen molar-refractivity contribution < 1.29 is 15.0 Å². The van der Waals surface area contributed by atoms with Gasteiger partial charge in [-0.1, -0.05) is 30.3 Å². The van der Waals surface area contributed by atoms with Gasteiger partial charge in [-0.2, -0.15) is 0 Å². The number of phenolic OH excluding ortho intramolecular Hbond substituents is 1. The van der Waals surface area contributed by atoms with Crippen molar-refractivity contribution in [2.24, 2.45) is 5.73 Å². The van der Waals surface area contributed by atoms with Crippen LogP contribution >= 0.6 is 0 Å². The summed E-state index contributed by atoms with van der Waals surface area (Å²) in [6.45, 7) is 3.94. The SMILES string of the molecule is C=CCN.O=C(O)c1ccc(-c2ccc(O)cc2)cc1. The molecule has 0 radical (unpaired) electrons. The first-order chi connectivity index (χ1) is 9.58. The van der Waals surface area contributed by atoms with Crippen LogP contribution in [0.4, 0.5) is 0 Å². The van der Waals surface area contributed by atoms with E-state index in [0.29, 0.717) is 6.54 Å². The predicted octanol–water partition coefficient (Wildman–Crippen LogP) is 2.89. The Labute approximate surface area is 117 Å². The summed E-state index contributed by atoms with van der Waals surface area (Å²) in [5.41, 5.74) is 7.04. The highest BCUT2D eigenvalue weighted by atomic mass is 16.4. The molecule has 4 N–H and O–H groups in total. The van der Waals surface area contributed by atoms with Gasteiger partial charge in [-0.05, 0) is 35.4 Å². The molecule has 20 heavy (non-hydrogen) atoms. The number of carboxylic acids is 1. The summed E-state index contributed by atoms with van der Waals surface area (Å²) in [6, 6.07) is 13.4. The van der Waals surface area contributed by atoms with Crippen molar-refractivity contribution in [1.29, 1.82) is 0 Å². The molecule has 0 saturated heterocycles. The molecule has 4 heteroatoms. The average Bonchev–Trinajstić information content (AvgIpc) is 2.48. The third-order valence-electron chi connectivity index (χ3n) is 2.50. The average molecular weight is 271 g/mol. The molecule has 0 amide bonds. The van der Waals surface area contributed by atoms with E-state index in [1.807, 2.05) is 0 Å². The zero-order valence-electron chi connectivity index (χ0n) is 11.0. The van der Waals surface area contributed by atoms with Crippen molar-refractivity contribution in [3.63, 3.8) is 0 Å². The molecule has 0 aliphatic rings. The van der Waals surface area contributed by atoms with Crippen molar-refractivity contribution in [3.8, 4) is 16.9 Å². The van der Waals surface area contributed by atoms with Gasteiger partial charge in [0, 0.05) is 6.54 Å². The Morgan fingerprint density at radius 3 is 1.80 bits per heavy atom. The highest BCUT2D eigenvalue weighted by Gasteiger charge is 2.02. The largest absolute Gasteiger partial charge is 0.508 e. The predicted molar refractivity (Wildman–Crippen MR) is 79.8 cm³/mol. The second kappa shape index (κ2) is 7.76. The maximum Gasteiger partial charge on any atom is 0.335 e. The Balaban J connectivity index is 0.000000444. The smallest absolute Gasteiger partial charge is 0.335 e. The molecule has 0 aromatic heterocycles. The van der Waals surface area contributed by atoms with Gasteiger partial charge in [0.25, 0.3) is 0 Å². The van der Waals surface area contributed by atoms with Crippen LogP contribution in [0.15, 0.2) is 61.2 Å². The lowest BCUT2D eigenvalue weighted by Gasteiger charge is -2.02. The molecular formula is C16H17NO3. The Morgan fingerprint density at radius 1 is 1.05 bits per heavy atom. The van der Waals surface area contributed by atoms with Crippen LogP contribution in [0, 0.1) is 0 Å². The number of aromatic hydroxyl groups is 1. The fourth-order valence-corrected chi connectivity index (χ4v) is 1.46.